The van der Waals surface area contributed by atoms with Gasteiger partial charge in [0.2, 0.25) is 10.0 Å². The number of hydrogen-bond acceptors (Lipinski definition) is 4. The summed E-state index contributed by atoms with van der Waals surface area (Å²) in [5.41, 5.74) is 1.63. The lowest BCUT2D eigenvalue weighted by molar-refractivity contribution is 0.418. The minimum Gasteiger partial charge on any atom is -0.364 e. The molecule has 0 aliphatic carbocycles. The summed E-state index contributed by atoms with van der Waals surface area (Å²) < 4.78 is 31.0. The van der Waals surface area contributed by atoms with Gasteiger partial charge in [-0.25, -0.2) is 13.1 Å². The fraction of sp³-hybridized carbons (Fsp3) is 0.308. The zero-order valence-corrected chi connectivity index (χ0v) is 12.3. The van der Waals surface area contributed by atoms with Gasteiger partial charge in [0, 0.05) is 17.1 Å². The number of benzene rings is 1. The molecule has 0 radical (unpaired) electrons. The van der Waals surface area contributed by atoms with Crippen molar-refractivity contribution in [2.75, 3.05) is 6.54 Å². The Morgan fingerprint density at radius 2 is 2.15 bits per heavy atom. The molecule has 1 heterocycles. The monoisotopic (exact) mass is 314 g/mol. The van der Waals surface area contributed by atoms with Crippen molar-refractivity contribution in [3.8, 4) is 0 Å². The van der Waals surface area contributed by atoms with Crippen LogP contribution in [0.4, 0.5) is 0 Å². The maximum Gasteiger partial charge on any atom is 0.215 e. The van der Waals surface area contributed by atoms with Gasteiger partial charge in [-0.1, -0.05) is 28.9 Å². The lowest BCUT2D eigenvalue weighted by atomic mass is 10.2. The molecule has 1 N–H and O–H groups in total. The Labute approximate surface area is 123 Å². The second kappa shape index (κ2) is 6.88. The molecular weight excluding hydrogens is 300 g/mol. The van der Waals surface area contributed by atoms with Gasteiger partial charge < -0.3 is 4.52 Å². The minimum atomic E-state index is -3.34. The second-order valence-corrected chi connectivity index (χ2v) is 6.66. The minimum absolute atomic E-state index is 0.0686. The Kier molecular flexibility index (Phi) is 5.17. The molecular formula is C13H15ClN2O3S. The van der Waals surface area contributed by atoms with Crippen LogP contribution in [0.25, 0.3) is 0 Å². The van der Waals surface area contributed by atoms with Gasteiger partial charge in [-0.15, -0.1) is 0 Å². The van der Waals surface area contributed by atoms with E-state index < -0.39 is 10.0 Å². The van der Waals surface area contributed by atoms with E-state index in [1.54, 1.807) is 36.7 Å². The number of hydrogen-bond donors (Lipinski definition) is 1. The van der Waals surface area contributed by atoms with Crippen molar-refractivity contribution in [1.82, 2.24) is 9.88 Å². The maximum atomic E-state index is 11.9. The summed E-state index contributed by atoms with van der Waals surface area (Å²) in [5.74, 6) is -0.0686. The summed E-state index contributed by atoms with van der Waals surface area (Å²) in [6.45, 7) is 0.383. The SMILES string of the molecule is O=S(=O)(Cc1cccc(Cl)c1)NCCCc1cnoc1. The van der Waals surface area contributed by atoms with Crippen LogP contribution in [0.2, 0.25) is 5.02 Å². The fourth-order valence-electron chi connectivity index (χ4n) is 1.77. The zero-order chi connectivity index (χ0) is 14.4. The molecule has 7 heteroatoms. The third-order valence-electron chi connectivity index (χ3n) is 2.69. The Morgan fingerprint density at radius 3 is 2.85 bits per heavy atom. The number of sulfonamides is 1. The van der Waals surface area contributed by atoms with E-state index in [9.17, 15) is 8.42 Å². The lowest BCUT2D eigenvalue weighted by Gasteiger charge is -2.06. The van der Waals surface area contributed by atoms with Gasteiger partial charge in [-0.3, -0.25) is 0 Å². The van der Waals surface area contributed by atoms with Crippen LogP contribution in [0.15, 0.2) is 41.2 Å². The first kappa shape index (κ1) is 15.0. The Hall–Kier alpha value is -1.37. The van der Waals surface area contributed by atoms with Gasteiger partial charge in [0.1, 0.15) is 6.26 Å². The van der Waals surface area contributed by atoms with Gasteiger partial charge in [-0.2, -0.15) is 0 Å². The Morgan fingerprint density at radius 1 is 1.30 bits per heavy atom. The molecule has 108 valence electrons. The van der Waals surface area contributed by atoms with Gasteiger partial charge in [0.05, 0.1) is 11.9 Å². The van der Waals surface area contributed by atoms with Crippen molar-refractivity contribution in [3.63, 3.8) is 0 Å². The van der Waals surface area contributed by atoms with E-state index in [1.165, 1.54) is 0 Å². The number of rotatable bonds is 7. The highest BCUT2D eigenvalue weighted by molar-refractivity contribution is 7.88. The molecule has 0 atom stereocenters. The summed E-state index contributed by atoms with van der Waals surface area (Å²) in [5, 5.41) is 4.12. The van der Waals surface area contributed by atoms with E-state index in [2.05, 4.69) is 9.88 Å². The van der Waals surface area contributed by atoms with Crippen molar-refractivity contribution in [3.05, 3.63) is 52.9 Å². The normalized spacial score (nSPS) is 11.7. The van der Waals surface area contributed by atoms with Crippen LogP contribution in [0.3, 0.4) is 0 Å². The quantitative estimate of drug-likeness (QED) is 0.796. The first-order valence-corrected chi connectivity index (χ1v) is 8.18. The van der Waals surface area contributed by atoms with E-state index >= 15 is 0 Å². The van der Waals surface area contributed by atoms with Gasteiger partial charge in [0.15, 0.2) is 0 Å². The van der Waals surface area contributed by atoms with Crippen LogP contribution in [-0.2, 0) is 22.2 Å². The summed E-state index contributed by atoms with van der Waals surface area (Å²) >= 11 is 5.83. The number of aromatic nitrogens is 1. The van der Waals surface area contributed by atoms with Crippen molar-refractivity contribution in [1.29, 1.82) is 0 Å². The van der Waals surface area contributed by atoms with Crippen molar-refractivity contribution in [2.45, 2.75) is 18.6 Å². The third kappa shape index (κ3) is 4.96. The Balaban J connectivity index is 1.79. The average Bonchev–Trinajstić information content (AvgIpc) is 2.87. The fourth-order valence-corrected chi connectivity index (χ4v) is 3.16. The predicted molar refractivity (Wildman–Crippen MR) is 76.9 cm³/mol. The highest BCUT2D eigenvalue weighted by Crippen LogP contribution is 2.12. The van der Waals surface area contributed by atoms with Crippen molar-refractivity contribution in [2.24, 2.45) is 0 Å². The summed E-state index contributed by atoms with van der Waals surface area (Å²) in [6, 6.07) is 6.84. The second-order valence-electron chi connectivity index (χ2n) is 4.42. The van der Waals surface area contributed by atoms with Crippen molar-refractivity contribution < 1.29 is 12.9 Å². The standard InChI is InChI=1S/C13H15ClN2O3S/c14-13-5-1-3-11(7-13)10-20(17,18)16-6-2-4-12-8-15-19-9-12/h1,3,5,7-9,16H,2,4,6,10H2. The molecule has 20 heavy (non-hydrogen) atoms. The highest BCUT2D eigenvalue weighted by Gasteiger charge is 2.11. The Bertz CT molecular complexity index is 641. The molecule has 0 unspecified atom stereocenters. The molecule has 2 rings (SSSR count). The van der Waals surface area contributed by atoms with Gasteiger partial charge in [-0.05, 0) is 30.5 Å². The summed E-state index contributed by atoms with van der Waals surface area (Å²) in [6.07, 6.45) is 4.60. The van der Waals surface area contributed by atoms with E-state index in [0.29, 0.717) is 23.6 Å². The van der Waals surface area contributed by atoms with E-state index in [1.807, 2.05) is 0 Å². The number of nitrogens with one attached hydrogen (secondary N) is 1. The molecule has 0 bridgehead atoms. The molecule has 0 spiro atoms. The molecule has 0 aliphatic heterocycles. The maximum absolute atomic E-state index is 11.9. The molecule has 0 saturated heterocycles. The van der Waals surface area contributed by atoms with Gasteiger partial charge in [0.25, 0.3) is 0 Å². The topological polar surface area (TPSA) is 72.2 Å². The highest BCUT2D eigenvalue weighted by atomic mass is 35.5. The predicted octanol–water partition coefficient (Wildman–Crippen LogP) is 2.38. The molecule has 5 nitrogen and oxygen atoms in total. The molecule has 1 aromatic carbocycles. The lowest BCUT2D eigenvalue weighted by Crippen LogP contribution is -2.26. The smallest absolute Gasteiger partial charge is 0.215 e. The number of aryl methyl sites for hydroxylation is 1. The molecule has 0 aliphatic rings. The van der Waals surface area contributed by atoms with Crippen LogP contribution in [-0.4, -0.2) is 20.1 Å². The van der Waals surface area contributed by atoms with Crippen LogP contribution in [0, 0.1) is 0 Å². The average molecular weight is 315 g/mol. The van der Waals surface area contributed by atoms with E-state index in [0.717, 1.165) is 12.0 Å². The van der Waals surface area contributed by atoms with Crippen LogP contribution in [0.1, 0.15) is 17.5 Å². The summed E-state index contributed by atoms with van der Waals surface area (Å²) in [7, 11) is -3.34. The molecule has 0 saturated carbocycles. The van der Waals surface area contributed by atoms with Crippen molar-refractivity contribution >= 4 is 21.6 Å². The molecule has 1 aromatic heterocycles. The first-order valence-electron chi connectivity index (χ1n) is 6.15. The van der Waals surface area contributed by atoms with Gasteiger partial charge >= 0.3 is 0 Å². The van der Waals surface area contributed by atoms with E-state index in [4.69, 9.17) is 16.1 Å². The van der Waals surface area contributed by atoms with Crippen LogP contribution in [0.5, 0.6) is 0 Å². The zero-order valence-electron chi connectivity index (χ0n) is 10.8. The summed E-state index contributed by atoms with van der Waals surface area (Å²) in [4.78, 5) is 0. The molecule has 0 fully saturated rings. The van der Waals surface area contributed by atoms with Crippen LogP contribution >= 0.6 is 11.6 Å². The van der Waals surface area contributed by atoms with Crippen LogP contribution < -0.4 is 4.72 Å². The number of nitrogens with zero attached hydrogens (tertiary/aromatic N) is 1. The third-order valence-corrected chi connectivity index (χ3v) is 4.29. The largest absolute Gasteiger partial charge is 0.364 e. The van der Waals surface area contributed by atoms with E-state index in [-0.39, 0.29) is 5.75 Å². The molecule has 0 amide bonds. The first-order chi connectivity index (χ1) is 9.55. The molecule has 2 aromatic rings. The number of halogens is 1.